The third-order valence-electron chi connectivity index (χ3n) is 6.43. The minimum Gasteiger partial charge on any atom is -0.337 e. The zero-order valence-corrected chi connectivity index (χ0v) is 20.0. The molecule has 5 rings (SSSR count). The predicted molar refractivity (Wildman–Crippen MR) is 128 cm³/mol. The molecule has 4 aromatic rings. The summed E-state index contributed by atoms with van der Waals surface area (Å²) >= 11 is -2.49. The first-order valence-electron chi connectivity index (χ1n) is 10.9. The molecular formula is C22H24FN7O4S. The lowest BCUT2D eigenvalue weighted by Gasteiger charge is -2.28. The van der Waals surface area contributed by atoms with Gasteiger partial charge in [0, 0.05) is 38.2 Å². The number of rotatable bonds is 8. The number of hydrogen-bond donors (Lipinski definition) is 1. The van der Waals surface area contributed by atoms with E-state index in [0.717, 1.165) is 8.87 Å². The molecule has 35 heavy (non-hydrogen) atoms. The van der Waals surface area contributed by atoms with Crippen molar-refractivity contribution in [3.8, 4) is 0 Å². The molecule has 1 atom stereocenters. The Kier molecular flexibility index (Phi) is 5.68. The highest BCUT2D eigenvalue weighted by molar-refractivity contribution is 7.80. The van der Waals surface area contributed by atoms with E-state index in [0.29, 0.717) is 29.7 Å². The maximum atomic E-state index is 13.8. The van der Waals surface area contributed by atoms with Crippen molar-refractivity contribution < 1.29 is 13.2 Å². The molecule has 1 aromatic carbocycles. The Balaban J connectivity index is 1.73. The summed E-state index contributed by atoms with van der Waals surface area (Å²) in [7, 11) is 3.54. The van der Waals surface area contributed by atoms with E-state index in [9.17, 15) is 22.7 Å². The molecule has 1 fully saturated rings. The van der Waals surface area contributed by atoms with E-state index in [-0.39, 0.29) is 24.2 Å². The van der Waals surface area contributed by atoms with Gasteiger partial charge in [-0.2, -0.15) is 5.10 Å². The van der Waals surface area contributed by atoms with Gasteiger partial charge in [0.2, 0.25) is 0 Å². The maximum absolute atomic E-state index is 13.8. The largest absolute Gasteiger partial charge is 0.337 e. The smallest absolute Gasteiger partial charge is 0.332 e. The fourth-order valence-corrected chi connectivity index (χ4v) is 5.18. The Morgan fingerprint density at radius 2 is 1.97 bits per heavy atom. The standard InChI is InChI=1S/C22H24FN7O4S/c1-26-8-7-24-19(26)13-28-18-4-3-16(30(35(33)34)22(14-23)5-6-22)9-17(18)20(31)29(21(28)32)12-15-10-25-27(2)11-15/h3-4,7-11H,5-6,12-14H2,1-2H3,(H,33,34). The number of aromatic nitrogens is 6. The highest BCUT2D eigenvalue weighted by Crippen LogP contribution is 2.45. The van der Waals surface area contributed by atoms with Crippen molar-refractivity contribution >= 4 is 27.9 Å². The first kappa shape index (κ1) is 23.2. The molecule has 13 heteroatoms. The summed E-state index contributed by atoms with van der Waals surface area (Å²) in [6.45, 7) is -0.687. The lowest BCUT2D eigenvalue weighted by molar-refractivity contribution is 0.413. The van der Waals surface area contributed by atoms with Crippen molar-refractivity contribution in [2.75, 3.05) is 11.0 Å². The number of aryl methyl sites for hydroxylation is 2. The van der Waals surface area contributed by atoms with E-state index >= 15 is 0 Å². The van der Waals surface area contributed by atoms with Crippen LogP contribution in [0.1, 0.15) is 24.2 Å². The normalized spacial score (nSPS) is 15.4. The van der Waals surface area contributed by atoms with E-state index in [1.807, 2.05) is 0 Å². The van der Waals surface area contributed by atoms with Crippen molar-refractivity contribution in [1.82, 2.24) is 28.5 Å². The number of hydrogen-bond acceptors (Lipinski definition) is 5. The SMILES string of the molecule is Cn1cc(Cn2c(=O)c3cc(N(S(=O)O)C4(CF)CC4)ccc3n(Cc3nccn3C)c2=O)cn1. The highest BCUT2D eigenvalue weighted by Gasteiger charge is 2.51. The van der Waals surface area contributed by atoms with Crippen molar-refractivity contribution in [1.29, 1.82) is 0 Å². The second-order valence-electron chi connectivity index (χ2n) is 8.82. The van der Waals surface area contributed by atoms with Gasteiger partial charge in [-0.05, 0) is 31.0 Å². The van der Waals surface area contributed by atoms with Crippen LogP contribution in [0.5, 0.6) is 0 Å². The molecule has 1 unspecified atom stereocenters. The van der Waals surface area contributed by atoms with Crippen LogP contribution < -0.4 is 15.6 Å². The summed E-state index contributed by atoms with van der Waals surface area (Å²) in [6.07, 6.45) is 7.52. The van der Waals surface area contributed by atoms with E-state index in [2.05, 4.69) is 10.1 Å². The number of nitrogens with zero attached hydrogens (tertiary/aromatic N) is 7. The minimum atomic E-state index is -2.49. The maximum Gasteiger partial charge on any atom is 0.332 e. The van der Waals surface area contributed by atoms with Gasteiger partial charge in [0.05, 0.1) is 41.4 Å². The van der Waals surface area contributed by atoms with Crippen LogP contribution >= 0.6 is 0 Å². The Bertz CT molecular complexity index is 1570. The highest BCUT2D eigenvalue weighted by atomic mass is 32.2. The molecule has 0 amide bonds. The van der Waals surface area contributed by atoms with Gasteiger partial charge in [-0.25, -0.2) is 18.4 Å². The van der Waals surface area contributed by atoms with Crippen LogP contribution in [0.4, 0.5) is 10.1 Å². The monoisotopic (exact) mass is 501 g/mol. The van der Waals surface area contributed by atoms with Crippen LogP contribution in [0.2, 0.25) is 0 Å². The summed E-state index contributed by atoms with van der Waals surface area (Å²) in [5.41, 5.74) is -0.891. The van der Waals surface area contributed by atoms with Crippen LogP contribution in [0, 0.1) is 0 Å². The number of imidazole rings is 1. The Hall–Kier alpha value is -3.58. The molecule has 184 valence electrons. The minimum absolute atomic E-state index is 0.00367. The van der Waals surface area contributed by atoms with Gasteiger partial charge in [-0.15, -0.1) is 0 Å². The van der Waals surface area contributed by atoms with Gasteiger partial charge < -0.3 is 4.57 Å². The molecule has 3 heterocycles. The molecule has 0 spiro atoms. The average Bonchev–Trinajstić information content (AvgIpc) is 3.33. The molecule has 0 saturated heterocycles. The summed E-state index contributed by atoms with van der Waals surface area (Å²) < 4.78 is 42.9. The molecule has 1 saturated carbocycles. The van der Waals surface area contributed by atoms with Crippen LogP contribution in [-0.4, -0.2) is 49.4 Å². The molecule has 1 N–H and O–H groups in total. The van der Waals surface area contributed by atoms with Gasteiger partial charge in [0.1, 0.15) is 12.5 Å². The molecule has 11 nitrogen and oxygen atoms in total. The average molecular weight is 502 g/mol. The van der Waals surface area contributed by atoms with Crippen molar-refractivity contribution in [2.45, 2.75) is 31.5 Å². The van der Waals surface area contributed by atoms with E-state index in [4.69, 9.17) is 0 Å². The number of halogens is 1. The van der Waals surface area contributed by atoms with Crippen molar-refractivity contribution in [3.05, 3.63) is 75.2 Å². The van der Waals surface area contributed by atoms with Crippen LogP contribution in [0.3, 0.4) is 0 Å². The summed E-state index contributed by atoms with van der Waals surface area (Å²) in [5.74, 6) is 0.608. The van der Waals surface area contributed by atoms with Crippen LogP contribution in [0.15, 0.2) is 52.6 Å². The molecular weight excluding hydrogens is 477 g/mol. The lowest BCUT2D eigenvalue weighted by Crippen LogP contribution is -2.42. The summed E-state index contributed by atoms with van der Waals surface area (Å²) in [4.78, 5) is 31.3. The zero-order valence-electron chi connectivity index (χ0n) is 19.2. The first-order valence-corrected chi connectivity index (χ1v) is 12.0. The van der Waals surface area contributed by atoms with Gasteiger partial charge >= 0.3 is 5.69 Å². The van der Waals surface area contributed by atoms with E-state index < -0.39 is 34.7 Å². The van der Waals surface area contributed by atoms with Crippen molar-refractivity contribution in [2.24, 2.45) is 14.1 Å². The van der Waals surface area contributed by atoms with Gasteiger partial charge in [-0.3, -0.25) is 27.5 Å². The lowest BCUT2D eigenvalue weighted by atomic mass is 10.2. The molecule has 0 aliphatic heterocycles. The Morgan fingerprint density at radius 3 is 2.54 bits per heavy atom. The number of benzene rings is 1. The fourth-order valence-electron chi connectivity index (χ4n) is 4.32. The second kappa shape index (κ2) is 8.57. The van der Waals surface area contributed by atoms with Crippen LogP contribution in [0.25, 0.3) is 10.9 Å². The number of alkyl halides is 1. The quantitative estimate of drug-likeness (QED) is 0.362. The topological polar surface area (TPSA) is 120 Å². The zero-order chi connectivity index (χ0) is 24.9. The third-order valence-corrected chi connectivity index (χ3v) is 7.34. The predicted octanol–water partition coefficient (Wildman–Crippen LogP) is 1.17. The molecule has 0 radical (unpaired) electrons. The summed E-state index contributed by atoms with van der Waals surface area (Å²) in [5, 5.41) is 4.28. The fraction of sp³-hybridized carbons (Fsp3) is 0.364. The first-order chi connectivity index (χ1) is 16.7. The second-order valence-corrected chi connectivity index (χ2v) is 9.65. The number of anilines is 1. The van der Waals surface area contributed by atoms with Gasteiger partial charge in [0.15, 0.2) is 0 Å². The Labute approximate surface area is 201 Å². The number of fused-ring (bicyclic) bond motifs is 1. The third kappa shape index (κ3) is 4.00. The van der Waals surface area contributed by atoms with E-state index in [1.54, 1.807) is 54.2 Å². The van der Waals surface area contributed by atoms with E-state index in [1.165, 1.54) is 16.7 Å². The molecule has 1 aliphatic carbocycles. The van der Waals surface area contributed by atoms with Gasteiger partial charge in [-0.1, -0.05) is 0 Å². The van der Waals surface area contributed by atoms with Gasteiger partial charge in [0.25, 0.3) is 16.8 Å². The molecule has 1 aliphatic rings. The molecule has 0 bridgehead atoms. The van der Waals surface area contributed by atoms with Crippen LogP contribution in [-0.2, 0) is 38.5 Å². The Morgan fingerprint density at radius 1 is 1.20 bits per heavy atom. The van der Waals surface area contributed by atoms with Crippen molar-refractivity contribution in [3.63, 3.8) is 0 Å². The summed E-state index contributed by atoms with van der Waals surface area (Å²) in [6, 6.07) is 4.54. The molecule has 3 aromatic heterocycles.